The highest BCUT2D eigenvalue weighted by Crippen LogP contribution is 2.23. The molecule has 0 saturated heterocycles. The maximum atomic E-state index is 12.3. The Kier molecular flexibility index (Phi) is 2.13. The highest BCUT2D eigenvalue weighted by molar-refractivity contribution is 5.93. The minimum atomic E-state index is -1.59. The summed E-state index contributed by atoms with van der Waals surface area (Å²) in [5.74, 6) is -0.292. The Hall–Kier alpha value is -1.38. The van der Waals surface area contributed by atoms with Gasteiger partial charge in [-0.15, -0.1) is 0 Å². The van der Waals surface area contributed by atoms with Crippen molar-refractivity contribution in [3.05, 3.63) is 28.8 Å². The third-order valence-corrected chi connectivity index (χ3v) is 1.66. The Bertz CT molecular complexity index is 308. The number of halogens is 1. The molecule has 0 amide bonds. The fourth-order valence-corrected chi connectivity index (χ4v) is 1.20. The maximum Gasteiger partial charge on any atom is 0.336 e. The standard InChI is InChI=1S/C9H9FO2/c1-5-3-6(2)8(9(10)12)7(11)4-5/h3-4,11H,1-2H3. The van der Waals surface area contributed by atoms with E-state index in [0.717, 1.165) is 5.56 Å². The molecule has 0 fully saturated rings. The summed E-state index contributed by atoms with van der Waals surface area (Å²) >= 11 is 0. The van der Waals surface area contributed by atoms with E-state index in [4.69, 9.17) is 0 Å². The Labute approximate surface area is 69.6 Å². The van der Waals surface area contributed by atoms with Crippen molar-refractivity contribution < 1.29 is 14.3 Å². The molecule has 1 aromatic carbocycles. The zero-order chi connectivity index (χ0) is 9.30. The van der Waals surface area contributed by atoms with Crippen LogP contribution in [0.1, 0.15) is 21.5 Å². The Morgan fingerprint density at radius 3 is 2.42 bits per heavy atom. The molecular weight excluding hydrogens is 159 g/mol. The molecule has 0 spiro atoms. The summed E-state index contributed by atoms with van der Waals surface area (Å²) < 4.78 is 12.3. The molecule has 0 saturated carbocycles. The third-order valence-electron chi connectivity index (χ3n) is 1.66. The lowest BCUT2D eigenvalue weighted by Crippen LogP contribution is -1.95. The van der Waals surface area contributed by atoms with E-state index in [9.17, 15) is 14.3 Å². The van der Waals surface area contributed by atoms with Gasteiger partial charge in [-0.25, -0.2) is 0 Å². The van der Waals surface area contributed by atoms with E-state index >= 15 is 0 Å². The van der Waals surface area contributed by atoms with Gasteiger partial charge in [-0.05, 0) is 31.0 Å². The van der Waals surface area contributed by atoms with Gasteiger partial charge < -0.3 is 5.11 Å². The molecule has 0 atom stereocenters. The summed E-state index contributed by atoms with van der Waals surface area (Å²) in [6.07, 6.45) is 0. The van der Waals surface area contributed by atoms with Crippen molar-refractivity contribution in [2.75, 3.05) is 0 Å². The van der Waals surface area contributed by atoms with Crippen molar-refractivity contribution in [2.24, 2.45) is 0 Å². The molecule has 0 radical (unpaired) electrons. The van der Waals surface area contributed by atoms with Gasteiger partial charge in [-0.1, -0.05) is 6.07 Å². The first-order valence-corrected chi connectivity index (χ1v) is 3.52. The van der Waals surface area contributed by atoms with Gasteiger partial charge in [0.25, 0.3) is 0 Å². The summed E-state index contributed by atoms with van der Waals surface area (Å²) in [7, 11) is 0. The van der Waals surface area contributed by atoms with Crippen molar-refractivity contribution in [1.29, 1.82) is 0 Å². The van der Waals surface area contributed by atoms with Crippen molar-refractivity contribution in [3.8, 4) is 5.75 Å². The molecule has 2 nitrogen and oxygen atoms in total. The number of aromatic hydroxyl groups is 1. The fourth-order valence-electron chi connectivity index (χ4n) is 1.20. The second-order valence-electron chi connectivity index (χ2n) is 2.75. The van der Waals surface area contributed by atoms with Crippen LogP contribution in [0.3, 0.4) is 0 Å². The molecule has 0 aromatic heterocycles. The Morgan fingerprint density at radius 1 is 1.42 bits per heavy atom. The van der Waals surface area contributed by atoms with E-state index in [1.807, 2.05) is 0 Å². The van der Waals surface area contributed by atoms with E-state index in [0.29, 0.717) is 5.56 Å². The van der Waals surface area contributed by atoms with Crippen LogP contribution in [0.4, 0.5) is 4.39 Å². The van der Waals surface area contributed by atoms with Crippen LogP contribution in [0.25, 0.3) is 0 Å². The second-order valence-corrected chi connectivity index (χ2v) is 2.75. The number of aryl methyl sites for hydroxylation is 2. The van der Waals surface area contributed by atoms with Crippen molar-refractivity contribution >= 4 is 6.04 Å². The van der Waals surface area contributed by atoms with E-state index in [1.54, 1.807) is 19.9 Å². The zero-order valence-electron chi connectivity index (χ0n) is 6.89. The monoisotopic (exact) mass is 168 g/mol. The Morgan fingerprint density at radius 2 is 2.00 bits per heavy atom. The van der Waals surface area contributed by atoms with Crippen LogP contribution in [-0.4, -0.2) is 11.1 Å². The molecule has 12 heavy (non-hydrogen) atoms. The van der Waals surface area contributed by atoms with Crippen LogP contribution >= 0.6 is 0 Å². The van der Waals surface area contributed by atoms with Gasteiger partial charge in [0.2, 0.25) is 0 Å². The molecule has 3 heteroatoms. The van der Waals surface area contributed by atoms with Crippen molar-refractivity contribution in [2.45, 2.75) is 13.8 Å². The number of benzene rings is 1. The highest BCUT2D eigenvalue weighted by atomic mass is 19.1. The zero-order valence-corrected chi connectivity index (χ0v) is 6.89. The summed E-state index contributed by atoms with van der Waals surface area (Å²) in [4.78, 5) is 10.4. The highest BCUT2D eigenvalue weighted by Gasteiger charge is 2.13. The lowest BCUT2D eigenvalue weighted by atomic mass is 10.1. The predicted octanol–water partition coefficient (Wildman–Crippen LogP) is 2.12. The van der Waals surface area contributed by atoms with Gasteiger partial charge in [-0.3, -0.25) is 4.79 Å². The minimum Gasteiger partial charge on any atom is -0.507 e. The summed E-state index contributed by atoms with van der Waals surface area (Å²) in [5.41, 5.74) is 1.02. The van der Waals surface area contributed by atoms with Gasteiger partial charge in [0.1, 0.15) is 5.75 Å². The average Bonchev–Trinajstić information content (AvgIpc) is 1.82. The molecule has 0 bridgehead atoms. The fraction of sp³-hybridized carbons (Fsp3) is 0.222. The first-order valence-electron chi connectivity index (χ1n) is 3.52. The largest absolute Gasteiger partial charge is 0.507 e. The molecular formula is C9H9FO2. The Balaban J connectivity index is 3.38. The molecule has 0 aliphatic heterocycles. The van der Waals surface area contributed by atoms with Crippen molar-refractivity contribution in [1.82, 2.24) is 0 Å². The van der Waals surface area contributed by atoms with Gasteiger partial charge in [0, 0.05) is 0 Å². The lowest BCUT2D eigenvalue weighted by Gasteiger charge is -2.03. The molecule has 0 aliphatic carbocycles. The van der Waals surface area contributed by atoms with E-state index in [-0.39, 0.29) is 11.3 Å². The van der Waals surface area contributed by atoms with Crippen LogP contribution in [0, 0.1) is 13.8 Å². The number of rotatable bonds is 1. The summed E-state index contributed by atoms with van der Waals surface area (Å²) in [6, 6.07) is 1.41. The van der Waals surface area contributed by atoms with E-state index in [1.165, 1.54) is 6.07 Å². The molecule has 0 aliphatic rings. The van der Waals surface area contributed by atoms with E-state index < -0.39 is 6.04 Å². The van der Waals surface area contributed by atoms with Gasteiger partial charge in [0.05, 0.1) is 5.56 Å². The number of hydrogen-bond acceptors (Lipinski definition) is 2. The van der Waals surface area contributed by atoms with Gasteiger partial charge in [0.15, 0.2) is 0 Å². The topological polar surface area (TPSA) is 37.3 Å². The molecule has 0 unspecified atom stereocenters. The van der Waals surface area contributed by atoms with Crippen LogP contribution in [0.5, 0.6) is 5.75 Å². The number of phenolic OH excluding ortho intramolecular Hbond substituents is 1. The third kappa shape index (κ3) is 1.44. The van der Waals surface area contributed by atoms with Gasteiger partial charge in [-0.2, -0.15) is 4.39 Å². The predicted molar refractivity (Wildman–Crippen MR) is 43.0 cm³/mol. The first kappa shape index (κ1) is 8.71. The summed E-state index contributed by atoms with van der Waals surface area (Å²) in [5, 5.41) is 9.18. The average molecular weight is 168 g/mol. The number of phenols is 1. The molecule has 1 N–H and O–H groups in total. The number of carbonyl (C=O) groups excluding carboxylic acids is 1. The van der Waals surface area contributed by atoms with E-state index in [2.05, 4.69) is 0 Å². The quantitative estimate of drug-likeness (QED) is 0.652. The molecule has 0 heterocycles. The number of carbonyl (C=O) groups is 1. The second kappa shape index (κ2) is 2.93. The smallest absolute Gasteiger partial charge is 0.336 e. The molecule has 1 rings (SSSR count). The van der Waals surface area contributed by atoms with Crippen molar-refractivity contribution in [3.63, 3.8) is 0 Å². The lowest BCUT2D eigenvalue weighted by molar-refractivity contribution is 0.0832. The van der Waals surface area contributed by atoms with Crippen LogP contribution in [0.2, 0.25) is 0 Å². The summed E-state index contributed by atoms with van der Waals surface area (Å²) in [6.45, 7) is 3.35. The number of hydrogen-bond donors (Lipinski definition) is 1. The van der Waals surface area contributed by atoms with Gasteiger partial charge >= 0.3 is 6.04 Å². The van der Waals surface area contributed by atoms with Crippen LogP contribution in [-0.2, 0) is 0 Å². The SMILES string of the molecule is Cc1cc(C)c(C(=O)F)c(O)c1. The first-order chi connectivity index (χ1) is 5.52. The maximum absolute atomic E-state index is 12.3. The molecule has 64 valence electrons. The molecule has 1 aromatic rings. The normalized spacial score (nSPS) is 9.92. The minimum absolute atomic E-state index is 0.236. The van der Waals surface area contributed by atoms with Crippen LogP contribution < -0.4 is 0 Å². The van der Waals surface area contributed by atoms with Crippen LogP contribution in [0.15, 0.2) is 12.1 Å².